The van der Waals surface area contributed by atoms with Crippen molar-refractivity contribution in [2.75, 3.05) is 12.0 Å². The van der Waals surface area contributed by atoms with Crippen LogP contribution in [0.5, 0.6) is 0 Å². The van der Waals surface area contributed by atoms with E-state index < -0.39 is 0 Å². The van der Waals surface area contributed by atoms with E-state index in [4.69, 9.17) is 17.4 Å². The molecular formula is C13H21ClN4. The number of pyridine rings is 1. The highest BCUT2D eigenvalue weighted by Gasteiger charge is 2.29. The second kappa shape index (κ2) is 5.87. The summed E-state index contributed by atoms with van der Waals surface area (Å²) in [7, 11) is 0. The second-order valence-corrected chi connectivity index (χ2v) is 5.73. The van der Waals surface area contributed by atoms with Crippen LogP contribution in [0.15, 0.2) is 12.1 Å². The number of nitrogen functional groups attached to an aromatic ring is 1. The van der Waals surface area contributed by atoms with Gasteiger partial charge in [0.05, 0.1) is 10.7 Å². The highest BCUT2D eigenvalue weighted by molar-refractivity contribution is 6.31. The first-order chi connectivity index (χ1) is 8.60. The Morgan fingerprint density at radius 3 is 2.78 bits per heavy atom. The molecule has 1 aromatic heterocycles. The Labute approximate surface area is 113 Å². The Morgan fingerprint density at radius 2 is 2.22 bits per heavy atom. The van der Waals surface area contributed by atoms with E-state index in [1.54, 1.807) is 6.07 Å². The molecule has 0 radical (unpaired) electrons. The van der Waals surface area contributed by atoms with Crippen LogP contribution in [0.4, 0.5) is 5.82 Å². The molecule has 1 aliphatic rings. The molecule has 2 rings (SSSR count). The fourth-order valence-electron chi connectivity index (χ4n) is 2.12. The van der Waals surface area contributed by atoms with Crippen molar-refractivity contribution in [2.45, 2.75) is 39.3 Å². The minimum Gasteiger partial charge on any atom is -0.308 e. The molecule has 18 heavy (non-hydrogen) atoms. The lowest BCUT2D eigenvalue weighted by Gasteiger charge is -2.24. The van der Waals surface area contributed by atoms with Crippen molar-refractivity contribution < 1.29 is 0 Å². The van der Waals surface area contributed by atoms with Gasteiger partial charge in [0.25, 0.3) is 0 Å². The molecule has 5 heteroatoms. The predicted molar refractivity (Wildman–Crippen MR) is 75.3 cm³/mol. The number of aromatic nitrogens is 1. The molecule has 3 N–H and O–H groups in total. The topological polar surface area (TPSA) is 54.2 Å². The normalized spacial score (nSPS) is 15.4. The van der Waals surface area contributed by atoms with Crippen LogP contribution in [0, 0.1) is 5.92 Å². The van der Waals surface area contributed by atoms with Gasteiger partial charge in [-0.25, -0.2) is 10.8 Å². The summed E-state index contributed by atoms with van der Waals surface area (Å²) in [5.74, 6) is 6.70. The van der Waals surface area contributed by atoms with Crippen LogP contribution in [0.1, 0.15) is 32.4 Å². The Hall–Kier alpha value is -0.840. The van der Waals surface area contributed by atoms with Crippen LogP contribution < -0.4 is 11.3 Å². The van der Waals surface area contributed by atoms with Gasteiger partial charge in [-0.2, -0.15) is 0 Å². The zero-order chi connectivity index (χ0) is 13.1. The molecule has 0 bridgehead atoms. The number of nitrogens with zero attached hydrogens (tertiary/aromatic N) is 2. The predicted octanol–water partition coefficient (Wildman–Crippen LogP) is 2.64. The number of nitrogens with two attached hydrogens (primary N) is 1. The third kappa shape index (κ3) is 3.57. The zero-order valence-electron chi connectivity index (χ0n) is 11.0. The fraction of sp³-hybridized carbons (Fsp3) is 0.615. The average Bonchev–Trinajstić information content (AvgIpc) is 3.14. The van der Waals surface area contributed by atoms with Crippen molar-refractivity contribution in [3.05, 3.63) is 22.8 Å². The first kappa shape index (κ1) is 13.6. The van der Waals surface area contributed by atoms with Gasteiger partial charge in [-0.3, -0.25) is 4.90 Å². The lowest BCUT2D eigenvalue weighted by atomic mass is 10.2. The van der Waals surface area contributed by atoms with Crippen LogP contribution >= 0.6 is 11.6 Å². The summed E-state index contributed by atoms with van der Waals surface area (Å²) >= 11 is 6.20. The number of anilines is 1. The summed E-state index contributed by atoms with van der Waals surface area (Å²) in [6.45, 7) is 6.37. The molecule has 1 saturated carbocycles. The maximum absolute atomic E-state index is 6.20. The van der Waals surface area contributed by atoms with Crippen molar-refractivity contribution in [3.63, 3.8) is 0 Å². The minimum absolute atomic E-state index is 0.653. The number of nitrogens with one attached hydrogen (secondary N) is 1. The molecule has 100 valence electrons. The molecule has 1 fully saturated rings. The van der Waals surface area contributed by atoms with Gasteiger partial charge in [-0.15, -0.1) is 0 Å². The Bertz CT molecular complexity index is 404. The third-order valence-electron chi connectivity index (χ3n) is 3.08. The van der Waals surface area contributed by atoms with E-state index in [2.05, 4.69) is 29.2 Å². The van der Waals surface area contributed by atoms with E-state index in [0.29, 0.717) is 22.8 Å². The summed E-state index contributed by atoms with van der Waals surface area (Å²) in [6.07, 6.45) is 2.58. The molecule has 0 atom stereocenters. The quantitative estimate of drug-likeness (QED) is 0.615. The third-order valence-corrected chi connectivity index (χ3v) is 3.43. The number of hydrogen-bond donors (Lipinski definition) is 2. The van der Waals surface area contributed by atoms with Gasteiger partial charge in [0.15, 0.2) is 0 Å². The van der Waals surface area contributed by atoms with Crippen LogP contribution in [0.3, 0.4) is 0 Å². The van der Waals surface area contributed by atoms with Gasteiger partial charge in [0, 0.05) is 19.1 Å². The Morgan fingerprint density at radius 1 is 1.50 bits per heavy atom. The van der Waals surface area contributed by atoms with E-state index in [9.17, 15) is 0 Å². The molecule has 0 aromatic carbocycles. The van der Waals surface area contributed by atoms with E-state index in [0.717, 1.165) is 18.8 Å². The summed E-state index contributed by atoms with van der Waals surface area (Å²) < 4.78 is 0. The molecule has 0 aliphatic heterocycles. The smallest absolute Gasteiger partial charge is 0.140 e. The lowest BCUT2D eigenvalue weighted by Crippen LogP contribution is -2.30. The zero-order valence-corrected chi connectivity index (χ0v) is 11.7. The Kier molecular flexibility index (Phi) is 4.43. The van der Waals surface area contributed by atoms with Crippen molar-refractivity contribution in [1.82, 2.24) is 9.88 Å². The van der Waals surface area contributed by atoms with Gasteiger partial charge in [0.1, 0.15) is 5.82 Å². The van der Waals surface area contributed by atoms with Gasteiger partial charge in [-0.05, 0) is 30.9 Å². The molecule has 0 spiro atoms. The summed E-state index contributed by atoms with van der Waals surface area (Å²) in [4.78, 5) is 6.91. The van der Waals surface area contributed by atoms with Crippen molar-refractivity contribution in [3.8, 4) is 0 Å². The highest BCUT2D eigenvalue weighted by Crippen LogP contribution is 2.30. The monoisotopic (exact) mass is 268 g/mol. The van der Waals surface area contributed by atoms with Crippen molar-refractivity contribution in [2.24, 2.45) is 11.8 Å². The number of hydrogen-bond acceptors (Lipinski definition) is 4. The summed E-state index contributed by atoms with van der Waals surface area (Å²) in [5.41, 5.74) is 3.47. The van der Waals surface area contributed by atoms with Gasteiger partial charge in [0.2, 0.25) is 0 Å². The van der Waals surface area contributed by atoms with E-state index >= 15 is 0 Å². The van der Waals surface area contributed by atoms with Gasteiger partial charge in [-0.1, -0.05) is 25.4 Å². The molecule has 0 saturated heterocycles. The van der Waals surface area contributed by atoms with Crippen molar-refractivity contribution in [1.29, 1.82) is 0 Å². The maximum atomic E-state index is 6.20. The molecule has 0 unspecified atom stereocenters. The highest BCUT2D eigenvalue weighted by atomic mass is 35.5. The van der Waals surface area contributed by atoms with Crippen LogP contribution in [-0.4, -0.2) is 22.5 Å². The van der Waals surface area contributed by atoms with Gasteiger partial charge >= 0.3 is 0 Å². The van der Waals surface area contributed by atoms with E-state index in [1.165, 1.54) is 12.8 Å². The molecule has 1 heterocycles. The molecule has 4 nitrogen and oxygen atoms in total. The van der Waals surface area contributed by atoms with Crippen LogP contribution in [-0.2, 0) is 6.54 Å². The maximum Gasteiger partial charge on any atom is 0.140 e. The second-order valence-electron chi connectivity index (χ2n) is 5.32. The van der Waals surface area contributed by atoms with Gasteiger partial charge < -0.3 is 5.43 Å². The minimum atomic E-state index is 0.653. The first-order valence-electron chi connectivity index (χ1n) is 6.46. The molecule has 1 aromatic rings. The number of hydrazine groups is 1. The number of rotatable bonds is 6. The SMILES string of the molecule is CC(C)CN(Cc1nc(NN)ccc1Cl)C1CC1. The van der Waals surface area contributed by atoms with E-state index in [-0.39, 0.29) is 0 Å². The largest absolute Gasteiger partial charge is 0.308 e. The number of halogens is 1. The fourth-order valence-corrected chi connectivity index (χ4v) is 2.28. The standard InChI is InChI=1S/C13H21ClN4/c1-9(2)7-18(10-3-4-10)8-12-11(14)5-6-13(16-12)17-15/h5-6,9-10H,3-4,7-8,15H2,1-2H3,(H,16,17). The van der Waals surface area contributed by atoms with Crippen LogP contribution in [0.25, 0.3) is 0 Å². The lowest BCUT2D eigenvalue weighted by molar-refractivity contribution is 0.223. The summed E-state index contributed by atoms with van der Waals surface area (Å²) in [6, 6.07) is 4.34. The van der Waals surface area contributed by atoms with Crippen LogP contribution in [0.2, 0.25) is 5.02 Å². The first-order valence-corrected chi connectivity index (χ1v) is 6.84. The molecule has 1 aliphatic carbocycles. The van der Waals surface area contributed by atoms with E-state index in [1.807, 2.05) is 6.07 Å². The Balaban J connectivity index is 2.09. The van der Waals surface area contributed by atoms with Crippen molar-refractivity contribution >= 4 is 17.4 Å². The molecule has 0 amide bonds. The average molecular weight is 269 g/mol. The summed E-state index contributed by atoms with van der Waals surface area (Å²) in [5, 5.41) is 0.711. The molecular weight excluding hydrogens is 248 g/mol.